The van der Waals surface area contributed by atoms with Crippen LogP contribution in [-0.4, -0.2) is 37.9 Å². The highest BCUT2D eigenvalue weighted by atomic mass is 16.6. The molecule has 0 heterocycles. The average Bonchev–Trinajstić information content (AvgIpc) is 3.34. The molecule has 0 aliphatic carbocycles. The van der Waals surface area contributed by atoms with Gasteiger partial charge in [0.05, 0.1) is 6.61 Å². The standard InChI is InChI=1S/C63H118O5/c1-4-7-10-13-16-19-22-25-28-30-32-33-36-38-41-44-47-50-53-56-62(64)67-60-61(68-63(65)57-54-51-48-45-42-39-35-27-24-21-18-15-12-9-6-3)59-66-58-55-52-49-46-43-40-37-34-31-29-26-23-20-17-14-11-8-5-2/h9,12,18,21,27,35,61H,4-8,10-11,13-17,19-20,22-26,28-34,36-60H2,1-3H3/b12-9-,21-18-,35-27-. The van der Waals surface area contributed by atoms with Crippen LogP contribution in [0.5, 0.6) is 0 Å². The number of carbonyl (C=O) groups excluding carboxylic acids is 2. The van der Waals surface area contributed by atoms with Crippen molar-refractivity contribution in [2.75, 3.05) is 19.8 Å². The van der Waals surface area contributed by atoms with Gasteiger partial charge in [0.25, 0.3) is 0 Å². The third-order valence-electron chi connectivity index (χ3n) is 13.7. The van der Waals surface area contributed by atoms with Crippen molar-refractivity contribution < 1.29 is 23.8 Å². The molecule has 0 aliphatic heterocycles. The highest BCUT2D eigenvalue weighted by Gasteiger charge is 2.17. The average molecular weight is 956 g/mol. The SMILES string of the molecule is CC/C=C\C/C=C\C/C=C\CCCCCCCC(=O)OC(COCCCCCCCCCCCCCCCCCCCC)COC(=O)CCCCCCCCCCCCCCCCCCCCC. The highest BCUT2D eigenvalue weighted by Crippen LogP contribution is 2.17. The lowest BCUT2D eigenvalue weighted by Gasteiger charge is -2.18. The summed E-state index contributed by atoms with van der Waals surface area (Å²) in [5.41, 5.74) is 0. The van der Waals surface area contributed by atoms with E-state index in [-0.39, 0.29) is 25.2 Å². The Morgan fingerprint density at radius 2 is 0.662 bits per heavy atom. The Morgan fingerprint density at radius 1 is 0.338 bits per heavy atom. The molecule has 0 aliphatic rings. The number of rotatable bonds is 57. The highest BCUT2D eigenvalue weighted by molar-refractivity contribution is 5.70. The Bertz CT molecular complexity index is 1080. The Labute approximate surface area is 425 Å². The van der Waals surface area contributed by atoms with Gasteiger partial charge in [0.1, 0.15) is 6.61 Å². The van der Waals surface area contributed by atoms with Gasteiger partial charge < -0.3 is 14.2 Å². The molecular formula is C63H118O5. The molecule has 5 heteroatoms. The molecular weight excluding hydrogens is 837 g/mol. The van der Waals surface area contributed by atoms with Crippen molar-refractivity contribution in [2.24, 2.45) is 0 Å². The van der Waals surface area contributed by atoms with E-state index in [4.69, 9.17) is 14.2 Å². The van der Waals surface area contributed by atoms with E-state index in [9.17, 15) is 9.59 Å². The van der Waals surface area contributed by atoms with E-state index in [0.717, 1.165) is 64.2 Å². The third-order valence-corrected chi connectivity index (χ3v) is 13.7. The van der Waals surface area contributed by atoms with E-state index in [0.29, 0.717) is 19.4 Å². The molecule has 0 aromatic carbocycles. The first-order valence-electron chi connectivity index (χ1n) is 30.5. The fraction of sp³-hybridized carbons (Fsp3) is 0.873. The molecule has 5 nitrogen and oxygen atoms in total. The van der Waals surface area contributed by atoms with Gasteiger partial charge in [0.2, 0.25) is 0 Å². The van der Waals surface area contributed by atoms with Crippen molar-refractivity contribution in [2.45, 2.75) is 335 Å². The molecule has 0 fully saturated rings. The summed E-state index contributed by atoms with van der Waals surface area (Å²) < 4.78 is 17.5. The normalized spacial score (nSPS) is 12.3. The van der Waals surface area contributed by atoms with Crippen LogP contribution >= 0.6 is 0 Å². The zero-order chi connectivity index (χ0) is 49.2. The number of carbonyl (C=O) groups is 2. The monoisotopic (exact) mass is 955 g/mol. The van der Waals surface area contributed by atoms with Crippen LogP contribution in [-0.2, 0) is 23.8 Å². The van der Waals surface area contributed by atoms with E-state index in [1.54, 1.807) is 0 Å². The van der Waals surface area contributed by atoms with Gasteiger partial charge >= 0.3 is 11.9 Å². The second-order valence-corrected chi connectivity index (χ2v) is 20.6. The molecule has 0 amide bonds. The maximum Gasteiger partial charge on any atom is 0.306 e. The molecule has 0 rings (SSSR count). The minimum Gasteiger partial charge on any atom is -0.462 e. The van der Waals surface area contributed by atoms with Crippen LogP contribution in [0.15, 0.2) is 36.5 Å². The Hall–Kier alpha value is -1.88. The van der Waals surface area contributed by atoms with Crippen molar-refractivity contribution >= 4 is 11.9 Å². The first kappa shape index (κ1) is 66.1. The number of hydrogen-bond acceptors (Lipinski definition) is 5. The van der Waals surface area contributed by atoms with Crippen LogP contribution in [0, 0.1) is 0 Å². The van der Waals surface area contributed by atoms with E-state index >= 15 is 0 Å². The summed E-state index contributed by atoms with van der Waals surface area (Å²) in [4.78, 5) is 25.6. The molecule has 1 atom stereocenters. The van der Waals surface area contributed by atoms with E-state index in [1.165, 1.54) is 231 Å². The van der Waals surface area contributed by atoms with E-state index < -0.39 is 6.10 Å². The molecule has 400 valence electrons. The van der Waals surface area contributed by atoms with Crippen LogP contribution in [0.3, 0.4) is 0 Å². The molecule has 0 spiro atoms. The first-order chi connectivity index (χ1) is 33.6. The molecule has 0 radical (unpaired) electrons. The minimum absolute atomic E-state index is 0.0854. The number of unbranched alkanes of at least 4 members (excludes halogenated alkanes) is 40. The van der Waals surface area contributed by atoms with Crippen molar-refractivity contribution in [3.8, 4) is 0 Å². The predicted molar refractivity (Wildman–Crippen MR) is 298 cm³/mol. The number of allylic oxidation sites excluding steroid dienone is 6. The fourth-order valence-electron chi connectivity index (χ4n) is 9.18. The molecule has 0 saturated carbocycles. The second kappa shape index (κ2) is 59.4. The largest absolute Gasteiger partial charge is 0.462 e. The van der Waals surface area contributed by atoms with Gasteiger partial charge in [-0.2, -0.15) is 0 Å². The summed E-state index contributed by atoms with van der Waals surface area (Å²) in [6.07, 6.45) is 73.2. The van der Waals surface area contributed by atoms with Gasteiger partial charge in [-0.05, 0) is 51.4 Å². The van der Waals surface area contributed by atoms with E-state index in [2.05, 4.69) is 57.2 Å². The van der Waals surface area contributed by atoms with Gasteiger partial charge in [-0.15, -0.1) is 0 Å². The summed E-state index contributed by atoms with van der Waals surface area (Å²) in [5, 5.41) is 0. The molecule has 0 saturated heterocycles. The van der Waals surface area contributed by atoms with Crippen LogP contribution in [0.1, 0.15) is 329 Å². The third kappa shape index (κ3) is 56.7. The van der Waals surface area contributed by atoms with Gasteiger partial charge in [0.15, 0.2) is 6.10 Å². The second-order valence-electron chi connectivity index (χ2n) is 20.6. The zero-order valence-electron chi connectivity index (χ0n) is 46.1. The van der Waals surface area contributed by atoms with E-state index in [1.807, 2.05) is 0 Å². The van der Waals surface area contributed by atoms with Gasteiger partial charge in [-0.3, -0.25) is 9.59 Å². The lowest BCUT2D eigenvalue weighted by atomic mass is 10.0. The first-order valence-corrected chi connectivity index (χ1v) is 30.5. The molecule has 0 bridgehead atoms. The van der Waals surface area contributed by atoms with Crippen molar-refractivity contribution in [1.29, 1.82) is 0 Å². The molecule has 0 aromatic heterocycles. The van der Waals surface area contributed by atoms with Crippen LogP contribution in [0.4, 0.5) is 0 Å². The van der Waals surface area contributed by atoms with Gasteiger partial charge in [0, 0.05) is 19.4 Å². The van der Waals surface area contributed by atoms with Crippen molar-refractivity contribution in [1.82, 2.24) is 0 Å². The van der Waals surface area contributed by atoms with Crippen LogP contribution < -0.4 is 0 Å². The molecule has 68 heavy (non-hydrogen) atoms. The molecule has 1 unspecified atom stereocenters. The maximum absolute atomic E-state index is 12.9. The van der Waals surface area contributed by atoms with Crippen molar-refractivity contribution in [3.05, 3.63) is 36.5 Å². The summed E-state index contributed by atoms with van der Waals surface area (Å²) in [5.74, 6) is -0.393. The van der Waals surface area contributed by atoms with Crippen LogP contribution in [0.2, 0.25) is 0 Å². The summed E-state index contributed by atoms with van der Waals surface area (Å²) >= 11 is 0. The van der Waals surface area contributed by atoms with Crippen molar-refractivity contribution in [3.63, 3.8) is 0 Å². The van der Waals surface area contributed by atoms with Gasteiger partial charge in [-0.1, -0.05) is 301 Å². The fourth-order valence-corrected chi connectivity index (χ4v) is 9.18. The van der Waals surface area contributed by atoms with Crippen LogP contribution in [0.25, 0.3) is 0 Å². The Kier molecular flexibility index (Phi) is 57.8. The van der Waals surface area contributed by atoms with Gasteiger partial charge in [-0.25, -0.2) is 0 Å². The lowest BCUT2D eigenvalue weighted by Crippen LogP contribution is -2.30. The maximum atomic E-state index is 12.9. The summed E-state index contributed by atoms with van der Waals surface area (Å²) in [7, 11) is 0. The number of ether oxygens (including phenoxy) is 3. The smallest absolute Gasteiger partial charge is 0.306 e. The molecule has 0 N–H and O–H groups in total. The summed E-state index contributed by atoms with van der Waals surface area (Å²) in [6, 6.07) is 0. The Balaban J connectivity index is 4.21. The molecule has 0 aromatic rings. The number of esters is 2. The number of hydrogen-bond donors (Lipinski definition) is 0. The summed E-state index contributed by atoms with van der Waals surface area (Å²) in [6.45, 7) is 7.78. The topological polar surface area (TPSA) is 61.8 Å². The zero-order valence-corrected chi connectivity index (χ0v) is 46.1. The lowest BCUT2D eigenvalue weighted by molar-refractivity contribution is -0.163. The minimum atomic E-state index is -0.540. The quantitative estimate of drug-likeness (QED) is 0.0345. The Morgan fingerprint density at radius 3 is 1.06 bits per heavy atom. The predicted octanol–water partition coefficient (Wildman–Crippen LogP) is 20.9.